The number of aromatic nitrogens is 1. The standard InChI is InChI=1S/C33H27F3N4O3/c1-2-42-23-12-10-21(11-13-23)37-26-19-27(30-29-28(26)31(41)24-8-3-4-9-25(24)32(29)43-38-30)40-16-14-39(15-17-40)22-7-5-6-20(18-22)33(34,35)36/h3-13,18-19,37H,2,14-17H2,1H3. The van der Waals surface area contributed by atoms with E-state index in [0.717, 1.165) is 23.2 Å². The van der Waals surface area contributed by atoms with Crippen LogP contribution in [0.1, 0.15) is 28.4 Å². The number of alkyl halides is 3. The molecule has 5 aromatic rings. The molecule has 1 fully saturated rings. The molecule has 1 aliphatic carbocycles. The largest absolute Gasteiger partial charge is 0.494 e. The maximum absolute atomic E-state index is 13.9. The Balaban J connectivity index is 1.27. The molecule has 1 aromatic heterocycles. The van der Waals surface area contributed by atoms with Crippen molar-refractivity contribution in [3.63, 3.8) is 0 Å². The molecule has 4 aromatic carbocycles. The number of benzene rings is 4. The minimum absolute atomic E-state index is 0.120. The summed E-state index contributed by atoms with van der Waals surface area (Å²) in [4.78, 5) is 18.0. The Labute approximate surface area is 245 Å². The number of nitrogens with zero attached hydrogens (tertiary/aromatic N) is 3. The van der Waals surface area contributed by atoms with Gasteiger partial charge in [-0.3, -0.25) is 4.79 Å². The number of anilines is 4. The number of hydrogen-bond acceptors (Lipinski definition) is 7. The lowest BCUT2D eigenvalue weighted by Crippen LogP contribution is -2.46. The molecule has 0 spiro atoms. The number of carbonyl (C=O) groups excluding carboxylic acids is 1. The molecular weight excluding hydrogens is 557 g/mol. The van der Waals surface area contributed by atoms with Crippen LogP contribution in [0.2, 0.25) is 0 Å². The Kier molecular flexibility index (Phi) is 6.49. The molecule has 0 saturated carbocycles. The van der Waals surface area contributed by atoms with Crippen LogP contribution in [0.4, 0.5) is 35.9 Å². The fourth-order valence-electron chi connectivity index (χ4n) is 5.92. The third kappa shape index (κ3) is 4.72. The second kappa shape index (κ2) is 10.4. The molecule has 7 rings (SSSR count). The van der Waals surface area contributed by atoms with Gasteiger partial charge in [0.15, 0.2) is 11.5 Å². The van der Waals surface area contributed by atoms with Gasteiger partial charge in [-0.25, -0.2) is 0 Å². The van der Waals surface area contributed by atoms with Crippen molar-refractivity contribution >= 4 is 39.4 Å². The molecule has 1 aliphatic heterocycles. The minimum atomic E-state index is -4.40. The van der Waals surface area contributed by atoms with Gasteiger partial charge in [0.2, 0.25) is 0 Å². The van der Waals surface area contributed by atoms with E-state index >= 15 is 0 Å². The summed E-state index contributed by atoms with van der Waals surface area (Å²) >= 11 is 0. The first kappa shape index (κ1) is 26.9. The normalized spacial score (nSPS) is 14.7. The molecule has 7 nitrogen and oxygen atoms in total. The molecule has 0 radical (unpaired) electrons. The van der Waals surface area contributed by atoms with E-state index in [1.54, 1.807) is 12.1 Å². The van der Waals surface area contributed by atoms with Crippen LogP contribution in [0.25, 0.3) is 22.2 Å². The third-order valence-corrected chi connectivity index (χ3v) is 7.98. The predicted octanol–water partition coefficient (Wildman–Crippen LogP) is 7.53. The van der Waals surface area contributed by atoms with E-state index < -0.39 is 11.7 Å². The van der Waals surface area contributed by atoms with Crippen molar-refractivity contribution in [3.8, 4) is 17.1 Å². The second-order valence-electron chi connectivity index (χ2n) is 10.5. The van der Waals surface area contributed by atoms with Gasteiger partial charge in [0, 0.05) is 48.7 Å². The number of hydrogen-bond donors (Lipinski definition) is 1. The summed E-state index contributed by atoms with van der Waals surface area (Å²) in [6.07, 6.45) is -4.40. The molecule has 0 amide bonds. The topological polar surface area (TPSA) is 70.8 Å². The maximum atomic E-state index is 13.9. The van der Waals surface area contributed by atoms with Crippen molar-refractivity contribution in [1.82, 2.24) is 5.16 Å². The Bertz CT molecular complexity index is 1840. The highest BCUT2D eigenvalue weighted by Gasteiger charge is 2.35. The van der Waals surface area contributed by atoms with Gasteiger partial charge in [-0.1, -0.05) is 35.5 Å². The van der Waals surface area contributed by atoms with Gasteiger partial charge in [0.05, 0.1) is 34.5 Å². The van der Waals surface area contributed by atoms with Gasteiger partial charge in [-0.05, 0) is 55.5 Å². The van der Waals surface area contributed by atoms with Gasteiger partial charge < -0.3 is 24.4 Å². The lowest BCUT2D eigenvalue weighted by atomic mass is 9.86. The monoisotopic (exact) mass is 584 g/mol. The van der Waals surface area contributed by atoms with Crippen molar-refractivity contribution in [3.05, 3.63) is 95.6 Å². The molecule has 10 heteroatoms. The zero-order chi connectivity index (χ0) is 29.7. The van der Waals surface area contributed by atoms with Gasteiger partial charge in [-0.2, -0.15) is 13.2 Å². The fraction of sp³-hybridized carbons (Fsp3) is 0.212. The first-order chi connectivity index (χ1) is 20.8. The van der Waals surface area contributed by atoms with Gasteiger partial charge in [0.1, 0.15) is 11.3 Å². The Morgan fingerprint density at radius 2 is 1.63 bits per heavy atom. The van der Waals surface area contributed by atoms with E-state index in [0.29, 0.717) is 77.5 Å². The van der Waals surface area contributed by atoms with E-state index in [9.17, 15) is 18.0 Å². The number of piperazine rings is 1. The SMILES string of the molecule is CCOc1ccc(Nc2cc(N3CCN(c4cccc(C(F)(F)F)c4)CC3)c3noc4c3c2C(=O)c2ccccc2-4)cc1. The molecule has 0 bridgehead atoms. The first-order valence-electron chi connectivity index (χ1n) is 14.1. The highest BCUT2D eigenvalue weighted by Crippen LogP contribution is 2.46. The zero-order valence-electron chi connectivity index (χ0n) is 23.2. The summed E-state index contributed by atoms with van der Waals surface area (Å²) in [5, 5.41) is 8.53. The number of nitrogens with one attached hydrogen (secondary N) is 1. The van der Waals surface area contributed by atoms with Crippen LogP contribution in [0.15, 0.2) is 83.4 Å². The van der Waals surface area contributed by atoms with Crippen molar-refractivity contribution in [1.29, 1.82) is 0 Å². The summed E-state index contributed by atoms with van der Waals surface area (Å²) in [6, 6.07) is 22.2. The second-order valence-corrected chi connectivity index (χ2v) is 10.5. The van der Waals surface area contributed by atoms with Crippen LogP contribution in [0, 0.1) is 0 Å². The number of halogens is 3. The van der Waals surface area contributed by atoms with Crippen LogP contribution >= 0.6 is 0 Å². The van der Waals surface area contributed by atoms with E-state index in [1.807, 2.05) is 60.4 Å². The average Bonchev–Trinajstić information content (AvgIpc) is 3.46. The van der Waals surface area contributed by atoms with Crippen LogP contribution in [0.3, 0.4) is 0 Å². The van der Waals surface area contributed by atoms with Crippen molar-refractivity contribution in [2.75, 3.05) is 47.9 Å². The summed E-state index contributed by atoms with van der Waals surface area (Å²) in [5.74, 6) is 1.17. The molecule has 43 heavy (non-hydrogen) atoms. The average molecular weight is 585 g/mol. The summed E-state index contributed by atoms with van der Waals surface area (Å²) in [6.45, 7) is 4.59. The van der Waals surface area contributed by atoms with Crippen LogP contribution in [0.5, 0.6) is 5.75 Å². The van der Waals surface area contributed by atoms with Crippen molar-refractivity contribution < 1.29 is 27.2 Å². The van der Waals surface area contributed by atoms with E-state index in [2.05, 4.69) is 15.4 Å². The molecule has 0 unspecified atom stereocenters. The van der Waals surface area contributed by atoms with Crippen LogP contribution in [-0.2, 0) is 6.18 Å². The minimum Gasteiger partial charge on any atom is -0.494 e. The van der Waals surface area contributed by atoms with Crippen LogP contribution in [-0.4, -0.2) is 43.7 Å². The molecule has 0 atom stereocenters. The first-order valence-corrected chi connectivity index (χ1v) is 14.1. The maximum Gasteiger partial charge on any atom is 0.416 e. The molecule has 218 valence electrons. The fourth-order valence-corrected chi connectivity index (χ4v) is 5.92. The smallest absolute Gasteiger partial charge is 0.416 e. The molecular formula is C33H27F3N4O3. The van der Waals surface area contributed by atoms with Crippen molar-refractivity contribution in [2.45, 2.75) is 13.1 Å². The highest BCUT2D eigenvalue weighted by atomic mass is 19.4. The number of carbonyl (C=O) groups is 1. The summed E-state index contributed by atoms with van der Waals surface area (Å²) in [5.41, 5.74) is 4.38. The Morgan fingerprint density at radius 3 is 2.35 bits per heavy atom. The van der Waals surface area contributed by atoms with E-state index in [4.69, 9.17) is 9.26 Å². The Hall–Kier alpha value is -4.99. The van der Waals surface area contributed by atoms with Gasteiger partial charge in [0.25, 0.3) is 0 Å². The lowest BCUT2D eigenvalue weighted by molar-refractivity contribution is -0.137. The predicted molar refractivity (Wildman–Crippen MR) is 160 cm³/mol. The zero-order valence-corrected chi connectivity index (χ0v) is 23.2. The Morgan fingerprint density at radius 1 is 0.907 bits per heavy atom. The summed E-state index contributed by atoms with van der Waals surface area (Å²) < 4.78 is 51.4. The third-order valence-electron chi connectivity index (χ3n) is 7.98. The number of ether oxygens (including phenoxy) is 1. The number of rotatable bonds is 6. The highest BCUT2D eigenvalue weighted by molar-refractivity contribution is 6.28. The van der Waals surface area contributed by atoms with Gasteiger partial charge >= 0.3 is 6.18 Å². The quantitative estimate of drug-likeness (QED) is 0.217. The summed E-state index contributed by atoms with van der Waals surface area (Å²) in [7, 11) is 0. The van der Waals surface area contributed by atoms with Crippen molar-refractivity contribution in [2.24, 2.45) is 0 Å². The van der Waals surface area contributed by atoms with E-state index in [-0.39, 0.29) is 5.78 Å². The molecule has 1 N–H and O–H groups in total. The molecule has 2 aliphatic rings. The van der Waals surface area contributed by atoms with E-state index in [1.165, 1.54) is 12.1 Å². The number of fused-ring (bicyclic) bond motifs is 2. The molecule has 2 heterocycles. The van der Waals surface area contributed by atoms with Gasteiger partial charge in [-0.15, -0.1) is 0 Å². The lowest BCUT2D eigenvalue weighted by Gasteiger charge is -2.38. The molecule has 1 saturated heterocycles. The van der Waals surface area contributed by atoms with Crippen LogP contribution < -0.4 is 19.9 Å². The number of ketones is 1.